The first kappa shape index (κ1) is 19.3. The van der Waals surface area contributed by atoms with Gasteiger partial charge in [0.05, 0.1) is 0 Å². The molecule has 0 heterocycles. The molecule has 5 heteroatoms. The highest BCUT2D eigenvalue weighted by molar-refractivity contribution is 5.94. The number of carbonyl (C=O) groups is 1. The van der Waals surface area contributed by atoms with Gasteiger partial charge >= 0.3 is 0 Å². The van der Waals surface area contributed by atoms with E-state index in [1.165, 1.54) is 25.7 Å². The van der Waals surface area contributed by atoms with Gasteiger partial charge in [-0.15, -0.1) is 0 Å². The molecule has 0 spiro atoms. The fourth-order valence-corrected chi connectivity index (χ4v) is 3.14. The summed E-state index contributed by atoms with van der Waals surface area (Å²) in [6.45, 7) is 5.73. The SMILES string of the molecule is CCCNC(=O)c1cccc(CNC(=NC)NC2CCC(C)CC2)c1. The Morgan fingerprint density at radius 2 is 1.96 bits per heavy atom. The minimum atomic E-state index is -0.0115. The highest BCUT2D eigenvalue weighted by atomic mass is 16.1. The lowest BCUT2D eigenvalue weighted by Gasteiger charge is -2.28. The summed E-state index contributed by atoms with van der Waals surface area (Å²) in [4.78, 5) is 16.4. The average molecular weight is 345 g/mol. The number of benzene rings is 1. The Bertz CT molecular complexity index is 577. The highest BCUT2D eigenvalue weighted by Gasteiger charge is 2.18. The van der Waals surface area contributed by atoms with Crippen molar-refractivity contribution in [2.75, 3.05) is 13.6 Å². The van der Waals surface area contributed by atoms with Crippen LogP contribution in [0.2, 0.25) is 0 Å². The largest absolute Gasteiger partial charge is 0.354 e. The van der Waals surface area contributed by atoms with Gasteiger partial charge in [-0.3, -0.25) is 9.79 Å². The van der Waals surface area contributed by atoms with E-state index in [-0.39, 0.29) is 5.91 Å². The van der Waals surface area contributed by atoms with E-state index in [1.54, 1.807) is 7.05 Å². The number of hydrogen-bond acceptors (Lipinski definition) is 2. The molecule has 1 amide bonds. The number of guanidine groups is 1. The van der Waals surface area contributed by atoms with Crippen molar-refractivity contribution in [2.24, 2.45) is 10.9 Å². The normalized spacial score (nSPS) is 20.8. The van der Waals surface area contributed by atoms with Crippen LogP contribution in [0.3, 0.4) is 0 Å². The molecule has 5 nitrogen and oxygen atoms in total. The summed E-state index contributed by atoms with van der Waals surface area (Å²) in [5.74, 6) is 1.66. The predicted octanol–water partition coefficient (Wildman–Crippen LogP) is 3.07. The predicted molar refractivity (Wildman–Crippen MR) is 104 cm³/mol. The van der Waals surface area contributed by atoms with Gasteiger partial charge in [0.2, 0.25) is 0 Å². The fourth-order valence-electron chi connectivity index (χ4n) is 3.14. The molecule has 0 saturated heterocycles. The van der Waals surface area contributed by atoms with Crippen LogP contribution < -0.4 is 16.0 Å². The minimum Gasteiger partial charge on any atom is -0.354 e. The molecule has 1 aliphatic rings. The number of amides is 1. The van der Waals surface area contributed by atoms with Crippen LogP contribution in [0.25, 0.3) is 0 Å². The van der Waals surface area contributed by atoms with Crippen molar-refractivity contribution in [1.29, 1.82) is 0 Å². The molecule has 0 aliphatic heterocycles. The van der Waals surface area contributed by atoms with Gasteiger partial charge in [-0.25, -0.2) is 0 Å². The third-order valence-electron chi connectivity index (χ3n) is 4.76. The molecule has 3 N–H and O–H groups in total. The van der Waals surface area contributed by atoms with E-state index in [4.69, 9.17) is 0 Å². The molecule has 2 rings (SSSR count). The zero-order chi connectivity index (χ0) is 18.1. The zero-order valence-corrected chi connectivity index (χ0v) is 15.8. The maximum atomic E-state index is 12.1. The standard InChI is InChI=1S/C20H32N4O/c1-4-12-22-19(25)17-7-5-6-16(13-17)14-23-20(21-3)24-18-10-8-15(2)9-11-18/h5-7,13,15,18H,4,8-12,14H2,1-3H3,(H,22,25)(H2,21,23,24). The molecule has 0 bridgehead atoms. The van der Waals surface area contributed by atoms with Crippen LogP contribution in [0, 0.1) is 5.92 Å². The maximum absolute atomic E-state index is 12.1. The molecule has 1 saturated carbocycles. The second-order valence-corrected chi connectivity index (χ2v) is 6.98. The zero-order valence-electron chi connectivity index (χ0n) is 15.8. The number of hydrogen-bond donors (Lipinski definition) is 3. The third kappa shape index (κ3) is 6.40. The van der Waals surface area contributed by atoms with E-state index in [1.807, 2.05) is 31.2 Å². The van der Waals surface area contributed by atoms with Crippen molar-refractivity contribution in [1.82, 2.24) is 16.0 Å². The van der Waals surface area contributed by atoms with Crippen molar-refractivity contribution in [3.63, 3.8) is 0 Å². The quantitative estimate of drug-likeness (QED) is 0.549. The van der Waals surface area contributed by atoms with Crippen molar-refractivity contribution in [2.45, 2.75) is 58.5 Å². The van der Waals surface area contributed by atoms with E-state index >= 15 is 0 Å². The van der Waals surface area contributed by atoms with Gasteiger partial charge in [-0.1, -0.05) is 26.0 Å². The molecule has 0 aromatic heterocycles. The Kier molecular flexibility index (Phi) is 7.76. The van der Waals surface area contributed by atoms with Crippen molar-refractivity contribution in [3.05, 3.63) is 35.4 Å². The first-order valence-electron chi connectivity index (χ1n) is 9.46. The summed E-state index contributed by atoms with van der Waals surface area (Å²) in [5, 5.41) is 9.80. The monoisotopic (exact) mass is 344 g/mol. The first-order chi connectivity index (χ1) is 12.1. The second kappa shape index (κ2) is 10.1. The summed E-state index contributed by atoms with van der Waals surface area (Å²) in [6, 6.07) is 8.25. The van der Waals surface area contributed by atoms with Crippen LogP contribution in [0.5, 0.6) is 0 Å². The molecule has 0 radical (unpaired) electrons. The number of rotatable bonds is 6. The summed E-state index contributed by atoms with van der Waals surface area (Å²) in [6.07, 6.45) is 5.91. The average Bonchev–Trinajstić information content (AvgIpc) is 2.65. The van der Waals surface area contributed by atoms with Crippen molar-refractivity contribution < 1.29 is 4.79 Å². The molecule has 138 valence electrons. The Hall–Kier alpha value is -2.04. The summed E-state index contributed by atoms with van der Waals surface area (Å²) in [5.41, 5.74) is 1.78. The van der Waals surface area contributed by atoms with Crippen LogP contribution in [0.4, 0.5) is 0 Å². The van der Waals surface area contributed by atoms with Gasteiger partial charge in [0, 0.05) is 31.7 Å². The maximum Gasteiger partial charge on any atom is 0.251 e. The van der Waals surface area contributed by atoms with E-state index in [9.17, 15) is 4.79 Å². The topological polar surface area (TPSA) is 65.5 Å². The van der Waals surface area contributed by atoms with Crippen LogP contribution in [0.15, 0.2) is 29.3 Å². The molecule has 1 aromatic carbocycles. The van der Waals surface area contributed by atoms with Gasteiger partial charge < -0.3 is 16.0 Å². The molecule has 0 unspecified atom stereocenters. The van der Waals surface area contributed by atoms with E-state index in [0.29, 0.717) is 24.7 Å². The lowest BCUT2D eigenvalue weighted by atomic mass is 9.87. The molecule has 0 atom stereocenters. The summed E-state index contributed by atoms with van der Waals surface area (Å²) < 4.78 is 0. The molecule has 1 aliphatic carbocycles. The number of carbonyl (C=O) groups excluding carboxylic acids is 1. The lowest BCUT2D eigenvalue weighted by Crippen LogP contribution is -2.44. The molecule has 1 aromatic rings. The number of nitrogens with zero attached hydrogens (tertiary/aromatic N) is 1. The van der Waals surface area contributed by atoms with Crippen molar-refractivity contribution >= 4 is 11.9 Å². The van der Waals surface area contributed by atoms with E-state index in [2.05, 4.69) is 27.9 Å². The highest BCUT2D eigenvalue weighted by Crippen LogP contribution is 2.23. The lowest BCUT2D eigenvalue weighted by molar-refractivity contribution is 0.0953. The van der Waals surface area contributed by atoms with Crippen LogP contribution in [0.1, 0.15) is 61.9 Å². The minimum absolute atomic E-state index is 0.0115. The molecule has 25 heavy (non-hydrogen) atoms. The van der Waals surface area contributed by atoms with Crippen molar-refractivity contribution in [3.8, 4) is 0 Å². The first-order valence-corrected chi connectivity index (χ1v) is 9.46. The Balaban J connectivity index is 1.85. The Labute approximate surface area is 151 Å². The molecular formula is C20H32N4O. The number of nitrogens with one attached hydrogen (secondary N) is 3. The van der Waals surface area contributed by atoms with E-state index in [0.717, 1.165) is 23.9 Å². The second-order valence-electron chi connectivity index (χ2n) is 6.98. The smallest absolute Gasteiger partial charge is 0.251 e. The van der Waals surface area contributed by atoms with Gasteiger partial charge in [0.25, 0.3) is 5.91 Å². The Morgan fingerprint density at radius 1 is 1.20 bits per heavy atom. The van der Waals surface area contributed by atoms with Crippen LogP contribution in [-0.4, -0.2) is 31.5 Å². The molecular weight excluding hydrogens is 312 g/mol. The van der Waals surface area contributed by atoms with E-state index < -0.39 is 0 Å². The Morgan fingerprint density at radius 3 is 2.64 bits per heavy atom. The van der Waals surface area contributed by atoms with Gasteiger partial charge in [-0.05, 0) is 55.7 Å². The van der Waals surface area contributed by atoms with Crippen LogP contribution in [-0.2, 0) is 6.54 Å². The van der Waals surface area contributed by atoms with Gasteiger partial charge in [0.1, 0.15) is 0 Å². The third-order valence-corrected chi connectivity index (χ3v) is 4.76. The fraction of sp³-hybridized carbons (Fsp3) is 0.600. The summed E-state index contributed by atoms with van der Waals surface area (Å²) >= 11 is 0. The van der Waals surface area contributed by atoms with Crippen LogP contribution >= 0.6 is 0 Å². The van der Waals surface area contributed by atoms with Gasteiger partial charge in [-0.2, -0.15) is 0 Å². The number of aliphatic imine (C=N–C) groups is 1. The molecule has 1 fully saturated rings. The summed E-state index contributed by atoms with van der Waals surface area (Å²) in [7, 11) is 1.80. The van der Waals surface area contributed by atoms with Gasteiger partial charge in [0.15, 0.2) is 5.96 Å².